The molecule has 36 heavy (non-hydrogen) atoms. The zero-order valence-electron chi connectivity index (χ0n) is 19.1. The third-order valence-corrected chi connectivity index (χ3v) is 5.35. The molecular formula is C26H20FN7O2. The lowest BCUT2D eigenvalue weighted by Gasteiger charge is -2.13. The molecule has 10 heteroatoms. The maximum Gasteiger partial charge on any atom is 0.247 e. The van der Waals surface area contributed by atoms with Gasteiger partial charge in [-0.25, -0.2) is 19.3 Å². The quantitative estimate of drug-likeness (QED) is 0.333. The number of ether oxygens (including phenoxy) is 1. The average molecular weight is 481 g/mol. The van der Waals surface area contributed by atoms with Crippen molar-refractivity contribution in [2.75, 3.05) is 11.1 Å². The van der Waals surface area contributed by atoms with Gasteiger partial charge in [-0.15, -0.1) is 0 Å². The molecule has 0 aliphatic heterocycles. The first-order valence-corrected chi connectivity index (χ1v) is 10.9. The van der Waals surface area contributed by atoms with Crippen LogP contribution >= 0.6 is 0 Å². The summed E-state index contributed by atoms with van der Waals surface area (Å²) >= 11 is 0. The molecule has 4 aromatic heterocycles. The third kappa shape index (κ3) is 4.34. The summed E-state index contributed by atoms with van der Waals surface area (Å²) in [7, 11) is 0. The minimum atomic E-state index is -0.588. The number of fused-ring (bicyclic) bond motifs is 1. The van der Waals surface area contributed by atoms with Crippen LogP contribution in [-0.4, -0.2) is 30.4 Å². The van der Waals surface area contributed by atoms with Gasteiger partial charge in [-0.2, -0.15) is 0 Å². The van der Waals surface area contributed by atoms with Gasteiger partial charge in [-0.05, 0) is 49.4 Å². The largest absolute Gasteiger partial charge is 0.436 e. The Morgan fingerprint density at radius 3 is 2.72 bits per heavy atom. The van der Waals surface area contributed by atoms with Crippen LogP contribution in [0.5, 0.6) is 11.6 Å². The van der Waals surface area contributed by atoms with Crippen LogP contribution in [0, 0.1) is 12.7 Å². The Morgan fingerprint density at radius 1 is 1.14 bits per heavy atom. The van der Waals surface area contributed by atoms with Gasteiger partial charge >= 0.3 is 0 Å². The van der Waals surface area contributed by atoms with E-state index in [1.54, 1.807) is 41.0 Å². The van der Waals surface area contributed by atoms with Gasteiger partial charge in [-0.1, -0.05) is 12.6 Å². The summed E-state index contributed by atoms with van der Waals surface area (Å²) in [6.07, 6.45) is 4.05. The van der Waals surface area contributed by atoms with E-state index < -0.39 is 5.82 Å². The third-order valence-electron chi connectivity index (χ3n) is 5.35. The van der Waals surface area contributed by atoms with E-state index >= 15 is 4.39 Å². The molecule has 0 fully saturated rings. The molecular weight excluding hydrogens is 461 g/mol. The number of nitrogen functional groups attached to an aromatic ring is 1. The molecule has 0 saturated carbocycles. The second-order valence-corrected chi connectivity index (χ2v) is 7.82. The van der Waals surface area contributed by atoms with Crippen LogP contribution in [0.1, 0.15) is 5.69 Å². The number of carbonyl (C=O) groups is 1. The average Bonchev–Trinajstić information content (AvgIpc) is 3.27. The number of nitrogens with zero attached hydrogens (tertiary/aromatic N) is 5. The number of hydrogen-bond donors (Lipinski definition) is 2. The number of benzene rings is 1. The topological polar surface area (TPSA) is 121 Å². The second-order valence-electron chi connectivity index (χ2n) is 7.82. The van der Waals surface area contributed by atoms with Gasteiger partial charge in [0.25, 0.3) is 0 Å². The molecule has 0 unspecified atom stereocenters. The summed E-state index contributed by atoms with van der Waals surface area (Å²) in [5.41, 5.74) is 10.1. The lowest BCUT2D eigenvalue weighted by Crippen LogP contribution is -2.07. The molecule has 1 aromatic carbocycles. The second kappa shape index (κ2) is 9.26. The fraction of sp³-hybridized carbons (Fsp3) is 0.0385. The summed E-state index contributed by atoms with van der Waals surface area (Å²) < 4.78 is 22.6. The van der Waals surface area contributed by atoms with E-state index in [0.717, 1.165) is 5.69 Å². The molecule has 0 radical (unpaired) electrons. The highest BCUT2D eigenvalue weighted by Gasteiger charge is 2.19. The lowest BCUT2D eigenvalue weighted by atomic mass is 10.2. The number of anilines is 2. The molecule has 0 aliphatic rings. The molecule has 4 heterocycles. The Morgan fingerprint density at radius 2 is 2.00 bits per heavy atom. The number of aryl methyl sites for hydroxylation is 1. The standard InChI is InChI=1S/C26H20FN7O2/c1-3-23(35)33-16-7-9-19(29-13-16)21-12-20-25(26(28)31-14-30-20)34(21)17-8-10-22(18(27)11-17)36-24-6-4-5-15(2)32-24/h3-14H,1H2,2H3,(H,33,35)(H2,28,30,31). The highest BCUT2D eigenvalue weighted by molar-refractivity contribution is 5.99. The normalized spacial score (nSPS) is 10.8. The van der Waals surface area contributed by atoms with Gasteiger partial charge in [0, 0.05) is 23.5 Å². The predicted molar refractivity (Wildman–Crippen MR) is 134 cm³/mol. The van der Waals surface area contributed by atoms with Gasteiger partial charge < -0.3 is 20.4 Å². The number of nitrogens with one attached hydrogen (secondary N) is 1. The van der Waals surface area contributed by atoms with Crippen molar-refractivity contribution in [2.45, 2.75) is 6.92 Å². The number of amides is 1. The maximum absolute atomic E-state index is 15.2. The Hall–Kier alpha value is -5.12. The SMILES string of the molecule is C=CC(=O)Nc1ccc(-c2cc3ncnc(N)c3n2-c2ccc(Oc3cccc(C)n3)c(F)c2)nc1. The van der Waals surface area contributed by atoms with Crippen LogP contribution in [0.3, 0.4) is 0 Å². The summed E-state index contributed by atoms with van der Waals surface area (Å²) in [6, 6.07) is 15.0. The molecule has 1 amide bonds. The van der Waals surface area contributed by atoms with Crippen molar-refractivity contribution >= 4 is 28.4 Å². The summed E-state index contributed by atoms with van der Waals surface area (Å²) in [4.78, 5) is 28.7. The van der Waals surface area contributed by atoms with E-state index in [-0.39, 0.29) is 17.5 Å². The minimum Gasteiger partial charge on any atom is -0.436 e. The number of pyridine rings is 2. The monoisotopic (exact) mass is 481 g/mol. The maximum atomic E-state index is 15.2. The Kier molecular flexibility index (Phi) is 5.83. The first-order chi connectivity index (χ1) is 17.4. The first-order valence-electron chi connectivity index (χ1n) is 10.9. The summed E-state index contributed by atoms with van der Waals surface area (Å²) in [5.74, 6) is -0.389. The zero-order chi connectivity index (χ0) is 25.2. The number of rotatable bonds is 6. The van der Waals surface area contributed by atoms with Crippen LogP contribution < -0.4 is 15.8 Å². The highest BCUT2D eigenvalue weighted by Crippen LogP contribution is 2.34. The van der Waals surface area contributed by atoms with Crippen LogP contribution in [0.2, 0.25) is 0 Å². The molecule has 0 atom stereocenters. The van der Waals surface area contributed by atoms with Gasteiger partial charge in [0.15, 0.2) is 17.4 Å². The number of nitrogens with two attached hydrogens (primary N) is 1. The zero-order valence-corrected chi connectivity index (χ0v) is 19.1. The smallest absolute Gasteiger partial charge is 0.247 e. The number of aromatic nitrogens is 5. The number of hydrogen-bond acceptors (Lipinski definition) is 7. The van der Waals surface area contributed by atoms with Crippen molar-refractivity contribution in [1.29, 1.82) is 0 Å². The van der Waals surface area contributed by atoms with E-state index in [9.17, 15) is 4.79 Å². The molecule has 3 N–H and O–H groups in total. The van der Waals surface area contributed by atoms with E-state index in [4.69, 9.17) is 10.5 Å². The van der Waals surface area contributed by atoms with Crippen molar-refractivity contribution < 1.29 is 13.9 Å². The summed E-state index contributed by atoms with van der Waals surface area (Å²) in [6.45, 7) is 5.26. The Bertz CT molecular complexity index is 1610. The Labute approximate surface area is 205 Å². The highest BCUT2D eigenvalue weighted by atomic mass is 19.1. The van der Waals surface area contributed by atoms with Gasteiger partial charge in [0.2, 0.25) is 11.8 Å². The fourth-order valence-electron chi connectivity index (χ4n) is 3.72. The molecule has 5 rings (SSSR count). The summed E-state index contributed by atoms with van der Waals surface area (Å²) in [5, 5.41) is 2.65. The van der Waals surface area contributed by atoms with Crippen LogP contribution in [-0.2, 0) is 4.79 Å². The van der Waals surface area contributed by atoms with E-state index in [0.29, 0.717) is 39.7 Å². The van der Waals surface area contributed by atoms with Crippen LogP contribution in [0.4, 0.5) is 15.9 Å². The first kappa shape index (κ1) is 22.7. The molecule has 9 nitrogen and oxygen atoms in total. The van der Waals surface area contributed by atoms with Crippen LogP contribution in [0.25, 0.3) is 28.1 Å². The lowest BCUT2D eigenvalue weighted by molar-refractivity contribution is -0.111. The van der Waals surface area contributed by atoms with Gasteiger partial charge in [0.1, 0.15) is 11.8 Å². The number of halogens is 1. The van der Waals surface area contributed by atoms with Crippen molar-refractivity contribution in [3.63, 3.8) is 0 Å². The Balaban J connectivity index is 1.59. The van der Waals surface area contributed by atoms with Gasteiger partial charge in [0.05, 0.1) is 28.8 Å². The van der Waals surface area contributed by atoms with Crippen molar-refractivity contribution in [2.24, 2.45) is 0 Å². The van der Waals surface area contributed by atoms with Crippen LogP contribution in [0.15, 0.2) is 79.8 Å². The fourth-order valence-corrected chi connectivity index (χ4v) is 3.72. The van der Waals surface area contributed by atoms with Crippen molar-refractivity contribution in [1.82, 2.24) is 24.5 Å². The molecule has 0 bridgehead atoms. The molecule has 5 aromatic rings. The predicted octanol–water partition coefficient (Wildman–Crippen LogP) is 4.82. The molecule has 178 valence electrons. The van der Waals surface area contributed by atoms with Crippen molar-refractivity contribution in [3.8, 4) is 28.7 Å². The molecule has 0 spiro atoms. The van der Waals surface area contributed by atoms with E-state index in [1.165, 1.54) is 30.7 Å². The van der Waals surface area contributed by atoms with E-state index in [2.05, 4.69) is 31.8 Å². The van der Waals surface area contributed by atoms with E-state index in [1.807, 2.05) is 13.0 Å². The number of carbonyl (C=O) groups excluding carboxylic acids is 1. The minimum absolute atomic E-state index is 0.0273. The van der Waals surface area contributed by atoms with Gasteiger partial charge in [-0.3, -0.25) is 9.78 Å². The molecule has 0 aliphatic carbocycles. The molecule has 0 saturated heterocycles. The van der Waals surface area contributed by atoms with Crippen molar-refractivity contribution in [3.05, 3.63) is 91.3 Å².